The molecule has 5 nitrogen and oxygen atoms in total. The number of pyridine rings is 1. The maximum absolute atomic E-state index is 12.6. The quantitative estimate of drug-likeness (QED) is 0.893. The maximum atomic E-state index is 12.6. The summed E-state index contributed by atoms with van der Waals surface area (Å²) < 4.78 is 0. The Morgan fingerprint density at radius 2 is 1.88 bits per heavy atom. The van der Waals surface area contributed by atoms with E-state index >= 15 is 0 Å². The summed E-state index contributed by atoms with van der Waals surface area (Å²) >= 11 is 6.21. The maximum Gasteiger partial charge on any atom is 0.321 e. The van der Waals surface area contributed by atoms with Crippen molar-refractivity contribution in [2.24, 2.45) is 0 Å². The van der Waals surface area contributed by atoms with E-state index in [4.69, 9.17) is 11.6 Å². The lowest BCUT2D eigenvalue weighted by molar-refractivity contribution is 0.208. The third-order valence-electron chi connectivity index (χ3n) is 4.48. The smallest absolute Gasteiger partial charge is 0.321 e. The topological polar surface area (TPSA) is 48.5 Å². The van der Waals surface area contributed by atoms with Crippen LogP contribution >= 0.6 is 11.6 Å². The van der Waals surface area contributed by atoms with Crippen molar-refractivity contribution in [2.45, 2.75) is 19.8 Å². The number of amides is 2. The van der Waals surface area contributed by atoms with Gasteiger partial charge in [0.05, 0.1) is 10.7 Å². The minimum absolute atomic E-state index is 0.0476. The number of piperazine rings is 1. The molecule has 0 aliphatic carbocycles. The van der Waals surface area contributed by atoms with Crippen molar-refractivity contribution in [3.63, 3.8) is 0 Å². The molecular weight excluding hydrogens is 336 g/mol. The number of nitrogens with zero attached hydrogens (tertiary/aromatic N) is 3. The van der Waals surface area contributed by atoms with E-state index in [0.717, 1.165) is 30.0 Å². The summed E-state index contributed by atoms with van der Waals surface area (Å²) in [5, 5.41) is 3.70. The van der Waals surface area contributed by atoms with Crippen LogP contribution in [0.5, 0.6) is 0 Å². The SMILES string of the molecule is CC(C)c1ccccc1NC(=O)N1CCN(c2ccncc2Cl)CC1. The Morgan fingerprint density at radius 1 is 1.16 bits per heavy atom. The summed E-state index contributed by atoms with van der Waals surface area (Å²) in [7, 11) is 0. The van der Waals surface area contributed by atoms with E-state index < -0.39 is 0 Å². The van der Waals surface area contributed by atoms with Crippen LogP contribution in [0.15, 0.2) is 42.7 Å². The Bertz CT molecular complexity index is 742. The van der Waals surface area contributed by atoms with Gasteiger partial charge in [0, 0.05) is 44.3 Å². The fraction of sp³-hybridized carbons (Fsp3) is 0.368. The number of urea groups is 1. The summed E-state index contributed by atoms with van der Waals surface area (Å²) in [4.78, 5) is 20.7. The Kier molecular flexibility index (Phi) is 5.43. The number of rotatable bonds is 3. The number of anilines is 2. The zero-order valence-corrected chi connectivity index (χ0v) is 15.3. The summed E-state index contributed by atoms with van der Waals surface area (Å²) in [6.45, 7) is 7.08. The zero-order valence-electron chi connectivity index (χ0n) is 14.6. The van der Waals surface area contributed by atoms with E-state index in [1.165, 1.54) is 0 Å². The summed E-state index contributed by atoms with van der Waals surface area (Å²) in [5.41, 5.74) is 3.02. The highest BCUT2D eigenvalue weighted by molar-refractivity contribution is 6.33. The number of benzene rings is 1. The molecule has 132 valence electrons. The van der Waals surface area contributed by atoms with Crippen molar-refractivity contribution in [1.29, 1.82) is 0 Å². The highest BCUT2D eigenvalue weighted by Crippen LogP contribution is 2.26. The number of hydrogen-bond acceptors (Lipinski definition) is 3. The number of aromatic nitrogens is 1. The van der Waals surface area contributed by atoms with Crippen LogP contribution < -0.4 is 10.2 Å². The van der Waals surface area contributed by atoms with Gasteiger partial charge in [0.15, 0.2) is 0 Å². The largest absolute Gasteiger partial charge is 0.367 e. The predicted molar refractivity (Wildman–Crippen MR) is 103 cm³/mol. The van der Waals surface area contributed by atoms with Crippen LogP contribution in [0.2, 0.25) is 5.02 Å². The first-order valence-electron chi connectivity index (χ1n) is 8.55. The molecule has 1 aliphatic rings. The number of halogens is 1. The van der Waals surface area contributed by atoms with Crippen molar-refractivity contribution in [1.82, 2.24) is 9.88 Å². The minimum atomic E-state index is -0.0476. The summed E-state index contributed by atoms with van der Waals surface area (Å²) in [6.07, 6.45) is 3.39. The van der Waals surface area contributed by atoms with Gasteiger partial charge in [-0.1, -0.05) is 43.6 Å². The molecule has 1 fully saturated rings. The second-order valence-corrected chi connectivity index (χ2v) is 6.88. The first-order valence-corrected chi connectivity index (χ1v) is 8.93. The lowest BCUT2D eigenvalue weighted by atomic mass is 10.0. The van der Waals surface area contributed by atoms with Crippen molar-refractivity contribution in [3.8, 4) is 0 Å². The summed E-state index contributed by atoms with van der Waals surface area (Å²) in [5.74, 6) is 0.363. The van der Waals surface area contributed by atoms with Gasteiger partial charge in [-0.05, 0) is 23.6 Å². The molecular formula is C19H23ClN4O. The van der Waals surface area contributed by atoms with Gasteiger partial charge in [0.25, 0.3) is 0 Å². The lowest BCUT2D eigenvalue weighted by Gasteiger charge is -2.36. The fourth-order valence-electron chi connectivity index (χ4n) is 3.08. The molecule has 0 radical (unpaired) electrons. The van der Waals surface area contributed by atoms with Crippen LogP contribution in [0.25, 0.3) is 0 Å². The van der Waals surface area contributed by atoms with Gasteiger partial charge in [-0.2, -0.15) is 0 Å². The highest BCUT2D eigenvalue weighted by Gasteiger charge is 2.23. The predicted octanol–water partition coefficient (Wildman–Crippen LogP) is 4.21. The van der Waals surface area contributed by atoms with E-state index in [2.05, 4.69) is 35.1 Å². The van der Waals surface area contributed by atoms with E-state index in [1.54, 1.807) is 12.4 Å². The van der Waals surface area contributed by atoms with Gasteiger partial charge in [0.2, 0.25) is 0 Å². The second-order valence-electron chi connectivity index (χ2n) is 6.47. The molecule has 1 N–H and O–H groups in total. The van der Waals surface area contributed by atoms with Crippen LogP contribution in [-0.2, 0) is 0 Å². The summed E-state index contributed by atoms with van der Waals surface area (Å²) in [6, 6.07) is 9.84. The van der Waals surface area contributed by atoms with Crippen LogP contribution in [0.1, 0.15) is 25.3 Å². The molecule has 1 aliphatic heterocycles. The van der Waals surface area contributed by atoms with Crippen molar-refractivity contribution in [3.05, 3.63) is 53.3 Å². The molecule has 0 bridgehead atoms. The monoisotopic (exact) mass is 358 g/mol. The number of carbonyl (C=O) groups is 1. The molecule has 2 amide bonds. The normalized spacial score (nSPS) is 14.7. The van der Waals surface area contributed by atoms with Gasteiger partial charge < -0.3 is 15.1 Å². The van der Waals surface area contributed by atoms with Crippen LogP contribution in [0.3, 0.4) is 0 Å². The molecule has 6 heteroatoms. The van der Waals surface area contributed by atoms with Crippen molar-refractivity contribution < 1.29 is 4.79 Å². The van der Waals surface area contributed by atoms with E-state index in [-0.39, 0.29) is 6.03 Å². The third kappa shape index (κ3) is 4.04. The molecule has 3 rings (SSSR count). The Labute approximate surface area is 153 Å². The second kappa shape index (κ2) is 7.74. The minimum Gasteiger partial charge on any atom is -0.367 e. The number of nitrogens with one attached hydrogen (secondary N) is 1. The van der Waals surface area contributed by atoms with Gasteiger partial charge in [-0.3, -0.25) is 4.98 Å². The Hall–Kier alpha value is -2.27. The fourth-order valence-corrected chi connectivity index (χ4v) is 3.32. The molecule has 1 saturated heterocycles. The van der Waals surface area contributed by atoms with Crippen LogP contribution in [-0.4, -0.2) is 42.1 Å². The van der Waals surface area contributed by atoms with Gasteiger partial charge in [-0.15, -0.1) is 0 Å². The molecule has 1 aromatic heterocycles. The number of para-hydroxylation sites is 1. The van der Waals surface area contributed by atoms with E-state index in [0.29, 0.717) is 24.0 Å². The molecule has 0 unspecified atom stereocenters. The van der Waals surface area contributed by atoms with Crippen LogP contribution in [0.4, 0.5) is 16.2 Å². The van der Waals surface area contributed by atoms with Crippen molar-refractivity contribution in [2.75, 3.05) is 36.4 Å². The molecule has 0 saturated carbocycles. The molecule has 2 heterocycles. The molecule has 2 aromatic rings. The highest BCUT2D eigenvalue weighted by atomic mass is 35.5. The lowest BCUT2D eigenvalue weighted by Crippen LogP contribution is -2.50. The van der Waals surface area contributed by atoms with Crippen LogP contribution in [0, 0.1) is 0 Å². The standard InChI is InChI=1S/C19H23ClN4O/c1-14(2)15-5-3-4-6-17(15)22-19(25)24-11-9-23(10-12-24)18-7-8-21-13-16(18)20/h3-8,13-14H,9-12H2,1-2H3,(H,22,25). The van der Waals surface area contributed by atoms with Crippen molar-refractivity contribution >= 4 is 29.0 Å². The molecule has 0 spiro atoms. The first-order chi connectivity index (χ1) is 12.1. The number of hydrogen-bond donors (Lipinski definition) is 1. The Balaban J connectivity index is 1.62. The van der Waals surface area contributed by atoms with E-state index in [9.17, 15) is 4.79 Å². The average molecular weight is 359 g/mol. The molecule has 0 atom stereocenters. The first kappa shape index (κ1) is 17.5. The molecule has 25 heavy (non-hydrogen) atoms. The average Bonchev–Trinajstić information content (AvgIpc) is 2.62. The molecule has 1 aromatic carbocycles. The number of carbonyl (C=O) groups excluding carboxylic acids is 1. The van der Waals surface area contributed by atoms with Gasteiger partial charge >= 0.3 is 6.03 Å². The Morgan fingerprint density at radius 3 is 2.56 bits per heavy atom. The van der Waals surface area contributed by atoms with Gasteiger partial charge in [0.1, 0.15) is 0 Å². The van der Waals surface area contributed by atoms with Gasteiger partial charge in [-0.25, -0.2) is 4.79 Å². The third-order valence-corrected chi connectivity index (χ3v) is 4.77. The zero-order chi connectivity index (χ0) is 17.8. The van der Waals surface area contributed by atoms with E-state index in [1.807, 2.05) is 29.2 Å².